The molecule has 1 aliphatic rings. The third-order valence-corrected chi connectivity index (χ3v) is 7.15. The monoisotopic (exact) mass is 366 g/mol. The highest BCUT2D eigenvalue weighted by atomic mass is 79.9. The molecule has 6 heteroatoms. The molecule has 19 heavy (non-hydrogen) atoms. The maximum atomic E-state index is 12.5. The number of rotatable bonds is 4. The molecule has 0 bridgehead atoms. The molecule has 0 saturated carbocycles. The van der Waals surface area contributed by atoms with Crippen LogP contribution in [0.5, 0.6) is 0 Å². The van der Waals surface area contributed by atoms with Crippen LogP contribution in [0.15, 0.2) is 29.2 Å². The third kappa shape index (κ3) is 3.51. The Kier molecular flexibility index (Phi) is 4.93. The van der Waals surface area contributed by atoms with Crippen molar-refractivity contribution >= 4 is 37.4 Å². The van der Waals surface area contributed by atoms with E-state index in [4.69, 9.17) is 16.3 Å². The van der Waals surface area contributed by atoms with Crippen molar-refractivity contribution < 1.29 is 13.2 Å². The molecular weight excluding hydrogens is 352 g/mol. The van der Waals surface area contributed by atoms with E-state index >= 15 is 0 Å². The Labute approximate surface area is 127 Å². The van der Waals surface area contributed by atoms with Crippen molar-refractivity contribution in [2.24, 2.45) is 5.41 Å². The zero-order chi connectivity index (χ0) is 13.9. The molecule has 1 aromatic carbocycles. The van der Waals surface area contributed by atoms with Crippen LogP contribution in [0.1, 0.15) is 12.8 Å². The molecule has 1 heterocycles. The molecule has 0 aliphatic carbocycles. The van der Waals surface area contributed by atoms with Gasteiger partial charge in [0.15, 0.2) is 9.84 Å². The Morgan fingerprint density at radius 2 is 1.89 bits per heavy atom. The van der Waals surface area contributed by atoms with Crippen LogP contribution in [0.3, 0.4) is 0 Å². The number of ether oxygens (including phenoxy) is 1. The van der Waals surface area contributed by atoms with E-state index in [0.29, 0.717) is 23.6 Å². The largest absolute Gasteiger partial charge is 0.381 e. The van der Waals surface area contributed by atoms with Crippen LogP contribution >= 0.6 is 27.5 Å². The fraction of sp³-hybridized carbons (Fsp3) is 0.538. The van der Waals surface area contributed by atoms with Gasteiger partial charge < -0.3 is 4.74 Å². The van der Waals surface area contributed by atoms with Gasteiger partial charge in [0.2, 0.25) is 0 Å². The van der Waals surface area contributed by atoms with E-state index in [1.807, 2.05) is 0 Å². The zero-order valence-corrected chi connectivity index (χ0v) is 13.6. The average molecular weight is 368 g/mol. The van der Waals surface area contributed by atoms with E-state index in [2.05, 4.69) is 15.9 Å². The second kappa shape index (κ2) is 6.12. The van der Waals surface area contributed by atoms with Gasteiger partial charge in [0.1, 0.15) is 0 Å². The summed E-state index contributed by atoms with van der Waals surface area (Å²) in [6.07, 6.45) is 1.50. The minimum atomic E-state index is -3.38. The highest BCUT2D eigenvalue weighted by molar-refractivity contribution is 9.09. The second-order valence-electron chi connectivity index (χ2n) is 4.94. The van der Waals surface area contributed by atoms with Crippen molar-refractivity contribution in [2.45, 2.75) is 17.7 Å². The van der Waals surface area contributed by atoms with Crippen molar-refractivity contribution in [3.63, 3.8) is 0 Å². The normalized spacial score (nSPS) is 19.3. The van der Waals surface area contributed by atoms with Gasteiger partial charge in [-0.1, -0.05) is 39.7 Å². The standard InChI is InChI=1S/C13H16BrClO3S/c14-9-13(5-7-18-8-6-13)10-19(16,17)12-4-2-1-3-11(12)15/h1-4H,5-10H2. The molecule has 0 aromatic heterocycles. The first-order valence-corrected chi connectivity index (χ1v) is 9.25. The number of alkyl halides is 1. The summed E-state index contributed by atoms with van der Waals surface area (Å²) in [5, 5.41) is 0.951. The van der Waals surface area contributed by atoms with E-state index in [1.165, 1.54) is 0 Å². The summed E-state index contributed by atoms with van der Waals surface area (Å²) >= 11 is 9.46. The fourth-order valence-corrected chi connectivity index (χ4v) is 5.81. The van der Waals surface area contributed by atoms with Gasteiger partial charge in [0, 0.05) is 18.5 Å². The number of hydrogen-bond donors (Lipinski definition) is 0. The van der Waals surface area contributed by atoms with E-state index < -0.39 is 9.84 Å². The van der Waals surface area contributed by atoms with Gasteiger partial charge in [-0.2, -0.15) is 0 Å². The first-order chi connectivity index (χ1) is 8.99. The predicted octanol–water partition coefficient (Wildman–Crippen LogP) is 3.31. The molecule has 106 valence electrons. The minimum Gasteiger partial charge on any atom is -0.381 e. The molecule has 3 nitrogen and oxygen atoms in total. The number of benzene rings is 1. The summed E-state index contributed by atoms with van der Waals surface area (Å²) in [6, 6.07) is 6.61. The van der Waals surface area contributed by atoms with Crippen LogP contribution in [0, 0.1) is 5.41 Å². The molecule has 0 N–H and O–H groups in total. The van der Waals surface area contributed by atoms with E-state index in [-0.39, 0.29) is 16.1 Å². The fourth-order valence-electron chi connectivity index (χ4n) is 2.30. The molecule has 0 amide bonds. The lowest BCUT2D eigenvalue weighted by atomic mass is 9.85. The average Bonchev–Trinajstić information content (AvgIpc) is 2.39. The Bertz CT molecular complexity index is 539. The predicted molar refractivity (Wildman–Crippen MR) is 79.8 cm³/mol. The topological polar surface area (TPSA) is 43.4 Å². The first kappa shape index (κ1) is 15.3. The number of sulfone groups is 1. The van der Waals surface area contributed by atoms with Gasteiger partial charge in [-0.05, 0) is 30.4 Å². The van der Waals surface area contributed by atoms with Gasteiger partial charge in [-0.15, -0.1) is 0 Å². The second-order valence-corrected chi connectivity index (χ2v) is 7.86. The van der Waals surface area contributed by atoms with Crippen LogP contribution in [0.2, 0.25) is 5.02 Å². The van der Waals surface area contributed by atoms with E-state index in [1.54, 1.807) is 24.3 Å². The van der Waals surface area contributed by atoms with Crippen LogP contribution in [-0.4, -0.2) is 32.7 Å². The van der Waals surface area contributed by atoms with E-state index in [0.717, 1.165) is 12.8 Å². The third-order valence-electron chi connectivity index (χ3n) is 3.50. The van der Waals surface area contributed by atoms with Gasteiger partial charge in [0.25, 0.3) is 0 Å². The quantitative estimate of drug-likeness (QED) is 0.767. The summed E-state index contributed by atoms with van der Waals surface area (Å²) < 4.78 is 30.4. The lowest BCUT2D eigenvalue weighted by molar-refractivity contribution is 0.0367. The Morgan fingerprint density at radius 3 is 2.47 bits per heavy atom. The molecule has 1 aromatic rings. The van der Waals surface area contributed by atoms with Crippen LogP contribution in [0.4, 0.5) is 0 Å². The van der Waals surface area contributed by atoms with Gasteiger partial charge in [-0.3, -0.25) is 0 Å². The summed E-state index contributed by atoms with van der Waals surface area (Å²) in [5.74, 6) is 0.109. The summed E-state index contributed by atoms with van der Waals surface area (Å²) in [6.45, 7) is 1.23. The van der Waals surface area contributed by atoms with Crippen molar-refractivity contribution in [1.29, 1.82) is 0 Å². The molecule has 0 atom stereocenters. The van der Waals surface area contributed by atoms with Crippen LogP contribution < -0.4 is 0 Å². The lowest BCUT2D eigenvalue weighted by Crippen LogP contribution is -2.37. The highest BCUT2D eigenvalue weighted by Crippen LogP contribution is 2.36. The van der Waals surface area contributed by atoms with Gasteiger partial charge in [0.05, 0.1) is 15.7 Å². The van der Waals surface area contributed by atoms with E-state index in [9.17, 15) is 8.42 Å². The highest BCUT2D eigenvalue weighted by Gasteiger charge is 2.37. The summed E-state index contributed by atoms with van der Waals surface area (Å²) in [7, 11) is -3.38. The molecule has 1 fully saturated rings. The van der Waals surface area contributed by atoms with Crippen molar-refractivity contribution in [3.8, 4) is 0 Å². The molecule has 1 aliphatic heterocycles. The Hall–Kier alpha value is -0.100. The first-order valence-electron chi connectivity index (χ1n) is 6.10. The van der Waals surface area contributed by atoms with Gasteiger partial charge >= 0.3 is 0 Å². The van der Waals surface area contributed by atoms with Crippen LogP contribution in [0.25, 0.3) is 0 Å². The smallest absolute Gasteiger partial charge is 0.180 e. The molecule has 0 radical (unpaired) electrons. The summed E-state index contributed by atoms with van der Waals surface area (Å²) in [5.41, 5.74) is -0.254. The maximum Gasteiger partial charge on any atom is 0.180 e. The molecule has 2 rings (SSSR count). The minimum absolute atomic E-state index is 0.109. The Balaban J connectivity index is 2.28. The maximum absolute atomic E-state index is 12.5. The van der Waals surface area contributed by atoms with Crippen molar-refractivity contribution in [2.75, 3.05) is 24.3 Å². The molecule has 0 unspecified atom stereocenters. The Morgan fingerprint density at radius 1 is 1.26 bits per heavy atom. The van der Waals surface area contributed by atoms with Crippen molar-refractivity contribution in [1.82, 2.24) is 0 Å². The molecule has 1 saturated heterocycles. The number of hydrogen-bond acceptors (Lipinski definition) is 3. The lowest BCUT2D eigenvalue weighted by Gasteiger charge is -2.35. The van der Waals surface area contributed by atoms with Gasteiger partial charge in [-0.25, -0.2) is 8.42 Å². The number of halogens is 2. The zero-order valence-electron chi connectivity index (χ0n) is 10.4. The van der Waals surface area contributed by atoms with Crippen LogP contribution in [-0.2, 0) is 14.6 Å². The SMILES string of the molecule is O=S(=O)(CC1(CBr)CCOCC1)c1ccccc1Cl. The molecular formula is C13H16BrClO3S. The van der Waals surface area contributed by atoms with Crippen molar-refractivity contribution in [3.05, 3.63) is 29.3 Å². The summed E-state index contributed by atoms with van der Waals surface area (Å²) in [4.78, 5) is 0.225. The molecule has 0 spiro atoms.